The Morgan fingerprint density at radius 2 is 1.77 bits per heavy atom. The number of rotatable bonds is 1. The van der Waals surface area contributed by atoms with Crippen molar-refractivity contribution in [3.8, 4) is 0 Å². The molecule has 1 aliphatic heterocycles. The SMILES string of the molecule is CC(=O)N1CCN(C(=O)c2c(C)[nH]c3cccc(F)c23)CC1. The van der Waals surface area contributed by atoms with Crippen LogP contribution in [0.4, 0.5) is 4.39 Å². The number of nitrogens with zero attached hydrogens (tertiary/aromatic N) is 2. The van der Waals surface area contributed by atoms with E-state index in [-0.39, 0.29) is 11.8 Å². The van der Waals surface area contributed by atoms with E-state index in [1.807, 2.05) is 0 Å². The maximum Gasteiger partial charge on any atom is 0.256 e. The molecule has 2 amide bonds. The normalized spacial score (nSPS) is 15.4. The smallest absolute Gasteiger partial charge is 0.256 e. The Kier molecular flexibility index (Phi) is 3.60. The van der Waals surface area contributed by atoms with Crippen LogP contribution in [-0.4, -0.2) is 52.8 Å². The van der Waals surface area contributed by atoms with Crippen LogP contribution >= 0.6 is 0 Å². The van der Waals surface area contributed by atoms with Gasteiger partial charge in [0.05, 0.1) is 5.56 Å². The van der Waals surface area contributed by atoms with Crippen molar-refractivity contribution in [3.63, 3.8) is 0 Å². The molecule has 1 fully saturated rings. The Hall–Kier alpha value is -2.37. The van der Waals surface area contributed by atoms with E-state index >= 15 is 0 Å². The highest BCUT2D eigenvalue weighted by atomic mass is 19.1. The summed E-state index contributed by atoms with van der Waals surface area (Å²) in [5, 5.41) is 0.346. The summed E-state index contributed by atoms with van der Waals surface area (Å²) in [6.07, 6.45) is 0. The second kappa shape index (κ2) is 5.44. The van der Waals surface area contributed by atoms with E-state index in [9.17, 15) is 14.0 Å². The summed E-state index contributed by atoms with van der Waals surface area (Å²) in [5.74, 6) is -0.564. The highest BCUT2D eigenvalue weighted by molar-refractivity contribution is 6.08. The number of carbonyl (C=O) groups excluding carboxylic acids is 2. The minimum Gasteiger partial charge on any atom is -0.358 e. The van der Waals surface area contributed by atoms with Crippen LogP contribution in [0, 0.1) is 12.7 Å². The van der Waals surface area contributed by atoms with Gasteiger partial charge in [0.25, 0.3) is 5.91 Å². The summed E-state index contributed by atoms with van der Waals surface area (Å²) in [6, 6.07) is 4.74. The van der Waals surface area contributed by atoms with Gasteiger partial charge < -0.3 is 14.8 Å². The number of fused-ring (bicyclic) bond motifs is 1. The van der Waals surface area contributed by atoms with Gasteiger partial charge in [-0.25, -0.2) is 4.39 Å². The molecule has 0 radical (unpaired) electrons. The molecule has 0 bridgehead atoms. The van der Waals surface area contributed by atoms with Crippen molar-refractivity contribution in [1.29, 1.82) is 0 Å². The van der Waals surface area contributed by atoms with E-state index in [1.165, 1.54) is 13.0 Å². The molecule has 0 saturated carbocycles. The van der Waals surface area contributed by atoms with E-state index in [4.69, 9.17) is 0 Å². The molecule has 6 heteroatoms. The number of halogens is 1. The van der Waals surface area contributed by atoms with Gasteiger partial charge in [-0.2, -0.15) is 0 Å². The third kappa shape index (κ3) is 2.34. The van der Waals surface area contributed by atoms with Gasteiger partial charge in [-0.05, 0) is 19.1 Å². The van der Waals surface area contributed by atoms with Gasteiger partial charge >= 0.3 is 0 Å². The van der Waals surface area contributed by atoms with Crippen molar-refractivity contribution in [3.05, 3.63) is 35.3 Å². The second-order valence-electron chi connectivity index (χ2n) is 5.59. The maximum absolute atomic E-state index is 14.1. The van der Waals surface area contributed by atoms with E-state index in [0.717, 1.165) is 0 Å². The third-order valence-electron chi connectivity index (χ3n) is 4.19. The molecule has 0 unspecified atom stereocenters. The molecule has 1 aromatic carbocycles. The molecule has 2 aromatic rings. The standard InChI is InChI=1S/C16H18FN3O2/c1-10-14(15-12(17)4-3-5-13(15)18-10)16(22)20-8-6-19(7-9-20)11(2)21/h3-5,18H,6-9H2,1-2H3. The van der Waals surface area contributed by atoms with Crippen molar-refractivity contribution < 1.29 is 14.0 Å². The Balaban J connectivity index is 1.90. The highest BCUT2D eigenvalue weighted by Gasteiger charge is 2.27. The number of amides is 2. The van der Waals surface area contributed by atoms with Crippen molar-refractivity contribution >= 4 is 22.7 Å². The summed E-state index contributed by atoms with van der Waals surface area (Å²) in [6.45, 7) is 5.28. The van der Waals surface area contributed by atoms with Crippen LogP contribution < -0.4 is 0 Å². The Morgan fingerprint density at radius 1 is 1.14 bits per heavy atom. The zero-order valence-corrected chi connectivity index (χ0v) is 12.6. The van der Waals surface area contributed by atoms with Gasteiger partial charge in [-0.3, -0.25) is 9.59 Å². The van der Waals surface area contributed by atoms with Crippen LogP contribution in [0.2, 0.25) is 0 Å². The second-order valence-corrected chi connectivity index (χ2v) is 5.59. The largest absolute Gasteiger partial charge is 0.358 e. The zero-order valence-electron chi connectivity index (χ0n) is 12.6. The van der Waals surface area contributed by atoms with E-state index in [2.05, 4.69) is 4.98 Å². The quantitative estimate of drug-likeness (QED) is 0.875. The first-order valence-corrected chi connectivity index (χ1v) is 7.30. The fourth-order valence-electron chi connectivity index (χ4n) is 2.98. The number of aryl methyl sites for hydroxylation is 1. The fourth-order valence-corrected chi connectivity index (χ4v) is 2.98. The van der Waals surface area contributed by atoms with Crippen molar-refractivity contribution in [2.24, 2.45) is 0 Å². The maximum atomic E-state index is 14.1. The molecular formula is C16H18FN3O2. The predicted molar refractivity (Wildman–Crippen MR) is 81.2 cm³/mol. The van der Waals surface area contributed by atoms with Gasteiger partial charge in [-0.15, -0.1) is 0 Å². The average molecular weight is 303 g/mol. The number of hydrogen-bond donors (Lipinski definition) is 1. The molecular weight excluding hydrogens is 285 g/mol. The molecule has 0 aliphatic carbocycles. The van der Waals surface area contributed by atoms with Gasteiger partial charge in [0.2, 0.25) is 5.91 Å². The Labute approximate surface area is 127 Å². The molecule has 22 heavy (non-hydrogen) atoms. The molecule has 0 atom stereocenters. The number of piperazine rings is 1. The van der Waals surface area contributed by atoms with Crippen molar-refractivity contribution in [2.75, 3.05) is 26.2 Å². The lowest BCUT2D eigenvalue weighted by Crippen LogP contribution is -2.50. The predicted octanol–water partition coefficient (Wildman–Crippen LogP) is 1.92. The minimum absolute atomic E-state index is 0.0152. The minimum atomic E-state index is -0.396. The number of aromatic amines is 1. The van der Waals surface area contributed by atoms with Crippen LogP contribution in [-0.2, 0) is 4.79 Å². The number of carbonyl (C=O) groups is 2. The number of H-pyrrole nitrogens is 1. The lowest BCUT2D eigenvalue weighted by molar-refractivity contribution is -0.130. The van der Waals surface area contributed by atoms with Gasteiger partial charge in [0.15, 0.2) is 0 Å². The average Bonchev–Trinajstić information content (AvgIpc) is 2.84. The van der Waals surface area contributed by atoms with E-state index in [0.29, 0.717) is 48.3 Å². The van der Waals surface area contributed by atoms with Crippen LogP contribution in [0.25, 0.3) is 10.9 Å². The monoisotopic (exact) mass is 303 g/mol. The van der Waals surface area contributed by atoms with Gasteiger partial charge in [0.1, 0.15) is 5.82 Å². The fraction of sp³-hybridized carbons (Fsp3) is 0.375. The molecule has 2 heterocycles. The van der Waals surface area contributed by atoms with Gasteiger partial charge in [-0.1, -0.05) is 6.07 Å². The molecule has 0 spiro atoms. The zero-order chi connectivity index (χ0) is 15.9. The van der Waals surface area contributed by atoms with Crippen molar-refractivity contribution in [1.82, 2.24) is 14.8 Å². The van der Waals surface area contributed by atoms with Crippen LogP contribution in [0.15, 0.2) is 18.2 Å². The van der Waals surface area contributed by atoms with E-state index < -0.39 is 5.82 Å². The topological polar surface area (TPSA) is 56.4 Å². The first-order chi connectivity index (χ1) is 10.5. The Morgan fingerprint density at radius 3 is 2.41 bits per heavy atom. The first-order valence-electron chi connectivity index (χ1n) is 7.30. The molecule has 3 rings (SSSR count). The molecule has 5 nitrogen and oxygen atoms in total. The molecule has 1 aliphatic rings. The number of benzene rings is 1. The summed E-state index contributed by atoms with van der Waals surface area (Å²) >= 11 is 0. The summed E-state index contributed by atoms with van der Waals surface area (Å²) < 4.78 is 14.1. The number of aromatic nitrogens is 1. The van der Waals surface area contributed by atoms with Crippen LogP contribution in [0.1, 0.15) is 23.0 Å². The van der Waals surface area contributed by atoms with Gasteiger partial charge in [0, 0.05) is 49.7 Å². The van der Waals surface area contributed by atoms with Crippen LogP contribution in [0.3, 0.4) is 0 Å². The Bertz CT molecular complexity index is 745. The summed E-state index contributed by atoms with van der Waals surface area (Å²) in [5.41, 5.74) is 1.69. The lowest BCUT2D eigenvalue weighted by Gasteiger charge is -2.34. The number of nitrogens with one attached hydrogen (secondary N) is 1. The molecule has 1 N–H and O–H groups in total. The number of hydrogen-bond acceptors (Lipinski definition) is 2. The lowest BCUT2D eigenvalue weighted by atomic mass is 10.1. The molecule has 116 valence electrons. The molecule has 1 aromatic heterocycles. The third-order valence-corrected chi connectivity index (χ3v) is 4.19. The summed E-state index contributed by atoms with van der Waals surface area (Å²) in [7, 11) is 0. The highest BCUT2D eigenvalue weighted by Crippen LogP contribution is 2.26. The van der Waals surface area contributed by atoms with Crippen molar-refractivity contribution in [2.45, 2.75) is 13.8 Å². The first kappa shape index (κ1) is 14.6. The van der Waals surface area contributed by atoms with Crippen LogP contribution in [0.5, 0.6) is 0 Å². The molecule has 1 saturated heterocycles. The van der Waals surface area contributed by atoms with E-state index in [1.54, 1.807) is 28.9 Å². The summed E-state index contributed by atoms with van der Waals surface area (Å²) in [4.78, 5) is 30.6.